The molecule has 0 aromatic carbocycles. The van der Waals surface area contributed by atoms with E-state index < -0.39 is 0 Å². The number of fused-ring (bicyclic) bond motifs is 2. The summed E-state index contributed by atoms with van der Waals surface area (Å²) in [5, 5.41) is 4.17. The summed E-state index contributed by atoms with van der Waals surface area (Å²) in [4.78, 5) is 30.2. The summed E-state index contributed by atoms with van der Waals surface area (Å²) in [6, 6.07) is 0.873. The highest BCUT2D eigenvalue weighted by molar-refractivity contribution is 6.35. The molecule has 0 bridgehead atoms. The minimum atomic E-state index is -0.0317. The molecule has 49 heavy (non-hydrogen) atoms. The van der Waals surface area contributed by atoms with E-state index in [4.69, 9.17) is 50.0 Å². The molecule has 14 nitrogen and oxygen atoms in total. The summed E-state index contributed by atoms with van der Waals surface area (Å²) in [6.45, 7) is 6.08. The number of rotatable bonds is 4. The molecule has 0 spiro atoms. The van der Waals surface area contributed by atoms with Crippen molar-refractivity contribution in [3.05, 3.63) is 28.4 Å². The second kappa shape index (κ2) is 17.2. The Hall–Kier alpha value is -2.43. The van der Waals surface area contributed by atoms with Crippen LogP contribution in [0.3, 0.4) is 0 Å². The van der Waals surface area contributed by atoms with Gasteiger partial charge < -0.3 is 30.3 Å². The second-order valence-electron chi connectivity index (χ2n) is 13.3. The maximum atomic E-state index is 6.18. The van der Waals surface area contributed by atoms with Gasteiger partial charge in [0.1, 0.15) is 18.0 Å². The van der Waals surface area contributed by atoms with Gasteiger partial charge in [-0.25, -0.2) is 15.0 Å². The van der Waals surface area contributed by atoms with Crippen molar-refractivity contribution in [3.8, 4) is 0 Å². The van der Waals surface area contributed by atoms with Crippen LogP contribution < -0.4 is 11.1 Å². The fraction of sp³-hybridized carbons (Fsp3) is 0.688. The summed E-state index contributed by atoms with van der Waals surface area (Å²) >= 11 is 17.9. The Labute approximate surface area is 302 Å². The number of aromatic nitrogens is 8. The topological polar surface area (TPSA) is 150 Å². The number of hydrogen-bond acceptors (Lipinski definition) is 12. The summed E-state index contributed by atoms with van der Waals surface area (Å²) in [5.74, 6) is 0.731. The molecule has 268 valence electrons. The second-order valence-corrected chi connectivity index (χ2v) is 14.3. The van der Waals surface area contributed by atoms with E-state index in [1.54, 1.807) is 12.7 Å². The van der Waals surface area contributed by atoms with Gasteiger partial charge in [-0.05, 0) is 128 Å². The van der Waals surface area contributed by atoms with Gasteiger partial charge in [0.2, 0.25) is 10.6 Å². The van der Waals surface area contributed by atoms with E-state index in [0.717, 1.165) is 94.7 Å². The number of nitrogens with zero attached hydrogens (tertiary/aromatic N) is 10. The largest absolute Gasteiger partial charge is 0.365 e. The molecule has 4 aromatic heterocycles. The highest BCUT2D eigenvalue weighted by Gasteiger charge is 2.24. The van der Waals surface area contributed by atoms with Gasteiger partial charge in [-0.1, -0.05) is 11.6 Å². The molecule has 0 aliphatic carbocycles. The molecular formula is C32H47Cl3N12O2. The van der Waals surface area contributed by atoms with Crippen molar-refractivity contribution in [2.24, 2.45) is 5.73 Å². The van der Waals surface area contributed by atoms with Gasteiger partial charge in [0.05, 0.1) is 12.7 Å². The van der Waals surface area contributed by atoms with Crippen molar-refractivity contribution in [2.75, 3.05) is 58.8 Å². The van der Waals surface area contributed by atoms with Gasteiger partial charge in [-0.2, -0.15) is 15.0 Å². The third-order valence-electron chi connectivity index (χ3n) is 9.50. The number of nitrogens with one attached hydrogen (secondary N) is 1. The van der Waals surface area contributed by atoms with Crippen molar-refractivity contribution in [3.63, 3.8) is 0 Å². The van der Waals surface area contributed by atoms with Crippen molar-refractivity contribution in [1.29, 1.82) is 0 Å². The molecule has 2 atom stereocenters. The molecule has 2 unspecified atom stereocenters. The van der Waals surface area contributed by atoms with Crippen LogP contribution in [0.4, 0.5) is 5.82 Å². The molecule has 0 saturated carbocycles. The van der Waals surface area contributed by atoms with Crippen LogP contribution >= 0.6 is 34.8 Å². The molecule has 4 fully saturated rings. The molecule has 0 amide bonds. The van der Waals surface area contributed by atoms with Gasteiger partial charge in [-0.3, -0.25) is 9.13 Å². The van der Waals surface area contributed by atoms with E-state index in [-0.39, 0.29) is 28.2 Å². The monoisotopic (exact) mass is 736 g/mol. The molecule has 4 aliphatic rings. The first-order chi connectivity index (χ1) is 23.7. The van der Waals surface area contributed by atoms with Crippen LogP contribution in [-0.2, 0) is 9.47 Å². The number of ether oxygens (including phenoxy) is 2. The number of likely N-dealkylation sites (tertiary alicyclic amines) is 2. The first-order valence-electron chi connectivity index (χ1n) is 17.3. The summed E-state index contributed by atoms with van der Waals surface area (Å²) in [5.41, 5.74) is 8.38. The van der Waals surface area contributed by atoms with E-state index in [1.807, 2.05) is 9.13 Å². The van der Waals surface area contributed by atoms with E-state index in [1.165, 1.54) is 25.9 Å². The number of piperidine rings is 2. The van der Waals surface area contributed by atoms with Crippen molar-refractivity contribution >= 4 is 62.9 Å². The minimum absolute atomic E-state index is 0.00843. The SMILES string of the molecule is CN1CCC(N)CC1.CN1CCC(Nc2nc(Cl)nc3c2ncn3C2CCCCO2)CC1.Clc1nc(Cl)c2ncn(C3CCCCO3)c2n1. The predicted molar refractivity (Wildman–Crippen MR) is 192 cm³/mol. The van der Waals surface area contributed by atoms with Gasteiger partial charge >= 0.3 is 0 Å². The lowest BCUT2D eigenvalue weighted by Gasteiger charge is -2.29. The summed E-state index contributed by atoms with van der Waals surface area (Å²) < 4.78 is 15.4. The van der Waals surface area contributed by atoms with Gasteiger partial charge in [-0.15, -0.1) is 0 Å². The third-order valence-corrected chi connectivity index (χ3v) is 10.1. The van der Waals surface area contributed by atoms with E-state index in [2.05, 4.69) is 59.1 Å². The Morgan fingerprint density at radius 2 is 1.18 bits per heavy atom. The lowest BCUT2D eigenvalue weighted by atomic mass is 10.1. The van der Waals surface area contributed by atoms with E-state index in [0.29, 0.717) is 23.2 Å². The average molecular weight is 738 g/mol. The third kappa shape index (κ3) is 9.47. The molecule has 4 saturated heterocycles. The summed E-state index contributed by atoms with van der Waals surface area (Å²) in [6.07, 6.45) is 14.4. The Bertz CT molecular complexity index is 1630. The normalized spacial score (nSPS) is 23.1. The first kappa shape index (κ1) is 36.4. The molecule has 4 aromatic rings. The molecule has 17 heteroatoms. The number of anilines is 1. The maximum Gasteiger partial charge on any atom is 0.226 e. The maximum absolute atomic E-state index is 6.18. The number of imidazole rings is 2. The summed E-state index contributed by atoms with van der Waals surface area (Å²) in [7, 11) is 4.30. The molecule has 4 aliphatic heterocycles. The van der Waals surface area contributed by atoms with Crippen LogP contribution in [0, 0.1) is 0 Å². The van der Waals surface area contributed by atoms with Crippen molar-refractivity contribution < 1.29 is 9.47 Å². The Balaban J connectivity index is 0.000000144. The highest BCUT2D eigenvalue weighted by atomic mass is 35.5. The molecule has 3 N–H and O–H groups in total. The van der Waals surface area contributed by atoms with Crippen LogP contribution in [0.25, 0.3) is 22.3 Å². The predicted octanol–water partition coefficient (Wildman–Crippen LogP) is 5.56. The van der Waals surface area contributed by atoms with E-state index >= 15 is 0 Å². The van der Waals surface area contributed by atoms with Crippen LogP contribution in [0.15, 0.2) is 12.7 Å². The van der Waals surface area contributed by atoms with Gasteiger partial charge in [0.15, 0.2) is 27.8 Å². The lowest BCUT2D eigenvalue weighted by Crippen LogP contribution is -2.37. The zero-order valence-electron chi connectivity index (χ0n) is 28.3. The highest BCUT2D eigenvalue weighted by Crippen LogP contribution is 2.30. The zero-order chi connectivity index (χ0) is 34.3. The molecule has 8 rings (SSSR count). The standard InChI is InChI=1S/C16H23ClN6O.C10H10Cl2N4O.C6H14N2/c1-22-7-5-11(6-8-22)19-14-13-15(21-16(17)20-14)23(10-18-13)12-4-2-3-9-24-12;11-8-7-9(15-10(12)14-8)16(5-13-7)6-3-1-2-4-17-6;1-8-4-2-6(7)3-5-8/h10-12H,2-9H2,1H3,(H,19,20,21);5-6H,1-4H2;6H,2-5,7H2,1H3. The molecule has 0 radical (unpaired) electrons. The van der Waals surface area contributed by atoms with Crippen LogP contribution in [0.2, 0.25) is 15.7 Å². The number of nitrogens with two attached hydrogens (primary N) is 1. The van der Waals surface area contributed by atoms with Crippen molar-refractivity contribution in [2.45, 2.75) is 88.7 Å². The quantitative estimate of drug-likeness (QED) is 0.200. The van der Waals surface area contributed by atoms with E-state index in [9.17, 15) is 0 Å². The van der Waals surface area contributed by atoms with Crippen LogP contribution in [-0.4, -0.2) is 114 Å². The number of halogens is 3. The Morgan fingerprint density at radius 3 is 1.71 bits per heavy atom. The fourth-order valence-corrected chi connectivity index (χ4v) is 7.12. The Morgan fingerprint density at radius 1 is 0.673 bits per heavy atom. The first-order valence-corrected chi connectivity index (χ1v) is 18.5. The zero-order valence-corrected chi connectivity index (χ0v) is 30.5. The van der Waals surface area contributed by atoms with Crippen LogP contribution in [0.1, 0.15) is 76.7 Å². The van der Waals surface area contributed by atoms with Crippen molar-refractivity contribution in [1.82, 2.24) is 48.8 Å². The Kier molecular flexibility index (Phi) is 12.8. The fourth-order valence-electron chi connectivity index (χ4n) is 6.53. The lowest BCUT2D eigenvalue weighted by molar-refractivity contribution is -0.0299. The molecule has 8 heterocycles. The minimum Gasteiger partial charge on any atom is -0.365 e. The van der Waals surface area contributed by atoms with Gasteiger partial charge in [0.25, 0.3) is 0 Å². The smallest absolute Gasteiger partial charge is 0.226 e. The van der Waals surface area contributed by atoms with Crippen LogP contribution in [0.5, 0.6) is 0 Å². The molecular weight excluding hydrogens is 691 g/mol. The number of hydrogen-bond donors (Lipinski definition) is 2. The van der Waals surface area contributed by atoms with Gasteiger partial charge in [0, 0.05) is 25.3 Å². The average Bonchev–Trinajstić information content (AvgIpc) is 3.74.